The van der Waals surface area contributed by atoms with Crippen molar-refractivity contribution in [2.24, 2.45) is 0 Å². The van der Waals surface area contributed by atoms with E-state index in [9.17, 15) is 13.9 Å². The molecule has 0 aliphatic rings. The molecule has 1 atom stereocenters. The van der Waals surface area contributed by atoms with Crippen molar-refractivity contribution in [3.8, 4) is 0 Å². The fraction of sp³-hybridized carbons (Fsp3) is 0.500. The molecule has 0 saturated heterocycles. The maximum atomic E-state index is 11.8. The van der Waals surface area contributed by atoms with Crippen LogP contribution in [0.5, 0.6) is 0 Å². The number of hydrogen-bond donors (Lipinski definition) is 1. The number of halogens is 3. The van der Waals surface area contributed by atoms with E-state index in [1.54, 1.807) is 0 Å². The highest BCUT2D eigenvalue weighted by molar-refractivity contribution is 9.10. The smallest absolute Gasteiger partial charge is 0.261 e. The molecule has 0 spiro atoms. The molecule has 0 fully saturated rings. The van der Waals surface area contributed by atoms with E-state index in [-0.39, 0.29) is 6.61 Å². The highest BCUT2D eigenvalue weighted by Crippen LogP contribution is 2.18. The van der Waals surface area contributed by atoms with E-state index in [1.165, 1.54) is 0 Å². The summed E-state index contributed by atoms with van der Waals surface area (Å²) in [6, 6.07) is 7.59. The van der Waals surface area contributed by atoms with Gasteiger partial charge in [0.15, 0.2) is 0 Å². The van der Waals surface area contributed by atoms with Gasteiger partial charge in [0.2, 0.25) is 0 Å². The van der Waals surface area contributed by atoms with Crippen LogP contribution in [0, 0.1) is 0 Å². The first kappa shape index (κ1) is 14.5. The van der Waals surface area contributed by atoms with E-state index < -0.39 is 19.1 Å². The SMILES string of the molecule is OC(CCOCC(F)F)Cc1ccccc1Br. The zero-order chi connectivity index (χ0) is 12.7. The maximum absolute atomic E-state index is 11.8. The molecule has 1 N–H and O–H groups in total. The monoisotopic (exact) mass is 308 g/mol. The Balaban J connectivity index is 2.25. The van der Waals surface area contributed by atoms with Crippen molar-refractivity contribution in [1.82, 2.24) is 0 Å². The third-order valence-electron chi connectivity index (χ3n) is 2.25. The third kappa shape index (κ3) is 6.10. The topological polar surface area (TPSA) is 29.5 Å². The first-order valence-electron chi connectivity index (χ1n) is 5.37. The van der Waals surface area contributed by atoms with Crippen LogP contribution in [0.2, 0.25) is 0 Å². The highest BCUT2D eigenvalue weighted by atomic mass is 79.9. The van der Waals surface area contributed by atoms with Gasteiger partial charge in [0.25, 0.3) is 6.43 Å². The predicted octanol–water partition coefficient (Wildman–Crippen LogP) is 3.02. The van der Waals surface area contributed by atoms with Crippen LogP contribution in [-0.4, -0.2) is 30.8 Å². The van der Waals surface area contributed by atoms with E-state index in [1.807, 2.05) is 24.3 Å². The summed E-state index contributed by atoms with van der Waals surface area (Å²) >= 11 is 3.38. The first-order valence-corrected chi connectivity index (χ1v) is 6.16. The molecular weight excluding hydrogens is 294 g/mol. The van der Waals surface area contributed by atoms with E-state index in [4.69, 9.17) is 4.74 Å². The molecule has 0 bridgehead atoms. The second-order valence-corrected chi connectivity index (χ2v) is 4.56. The number of hydrogen-bond acceptors (Lipinski definition) is 2. The normalized spacial score (nSPS) is 13.0. The van der Waals surface area contributed by atoms with Gasteiger partial charge < -0.3 is 9.84 Å². The molecule has 1 aromatic rings. The lowest BCUT2D eigenvalue weighted by Gasteiger charge is -2.12. The molecule has 0 saturated carbocycles. The van der Waals surface area contributed by atoms with Gasteiger partial charge in [-0.3, -0.25) is 0 Å². The number of alkyl halides is 2. The van der Waals surface area contributed by atoms with E-state index in [2.05, 4.69) is 15.9 Å². The van der Waals surface area contributed by atoms with E-state index >= 15 is 0 Å². The van der Waals surface area contributed by atoms with Crippen molar-refractivity contribution >= 4 is 15.9 Å². The predicted molar refractivity (Wildman–Crippen MR) is 65.3 cm³/mol. The highest BCUT2D eigenvalue weighted by Gasteiger charge is 2.09. The Kier molecular flexibility index (Phi) is 6.62. The Morgan fingerprint density at radius 2 is 2.00 bits per heavy atom. The van der Waals surface area contributed by atoms with Gasteiger partial charge in [0.05, 0.1) is 6.10 Å². The summed E-state index contributed by atoms with van der Waals surface area (Å²) in [7, 11) is 0. The third-order valence-corrected chi connectivity index (χ3v) is 3.03. The van der Waals surface area contributed by atoms with Crippen molar-refractivity contribution in [3.05, 3.63) is 34.3 Å². The summed E-state index contributed by atoms with van der Waals surface area (Å²) in [4.78, 5) is 0. The molecule has 0 amide bonds. The van der Waals surface area contributed by atoms with Crippen molar-refractivity contribution in [3.63, 3.8) is 0 Å². The summed E-state index contributed by atoms with van der Waals surface area (Å²) in [6.07, 6.45) is -2.19. The molecule has 0 aliphatic carbocycles. The number of benzene rings is 1. The fourth-order valence-corrected chi connectivity index (χ4v) is 1.86. The minimum absolute atomic E-state index is 0.149. The summed E-state index contributed by atoms with van der Waals surface area (Å²) in [5.74, 6) is 0. The minimum Gasteiger partial charge on any atom is -0.393 e. The van der Waals surface area contributed by atoms with Crippen LogP contribution < -0.4 is 0 Å². The van der Waals surface area contributed by atoms with Crippen molar-refractivity contribution < 1.29 is 18.6 Å². The number of aliphatic hydroxyl groups is 1. The van der Waals surface area contributed by atoms with Gasteiger partial charge in [-0.1, -0.05) is 34.1 Å². The lowest BCUT2D eigenvalue weighted by Crippen LogP contribution is -2.15. The van der Waals surface area contributed by atoms with E-state index in [0.717, 1.165) is 10.0 Å². The van der Waals surface area contributed by atoms with Gasteiger partial charge in [0.1, 0.15) is 6.61 Å². The molecule has 96 valence electrons. The lowest BCUT2D eigenvalue weighted by molar-refractivity contribution is 0.00511. The number of ether oxygens (including phenoxy) is 1. The van der Waals surface area contributed by atoms with Gasteiger partial charge in [-0.2, -0.15) is 0 Å². The Morgan fingerprint density at radius 3 is 2.65 bits per heavy atom. The van der Waals surface area contributed by atoms with Crippen molar-refractivity contribution in [2.75, 3.05) is 13.2 Å². The van der Waals surface area contributed by atoms with Crippen LogP contribution in [0.15, 0.2) is 28.7 Å². The van der Waals surface area contributed by atoms with Gasteiger partial charge in [-0.25, -0.2) is 8.78 Å². The molecule has 17 heavy (non-hydrogen) atoms. The van der Waals surface area contributed by atoms with Crippen LogP contribution >= 0.6 is 15.9 Å². The van der Waals surface area contributed by atoms with Gasteiger partial charge in [-0.15, -0.1) is 0 Å². The van der Waals surface area contributed by atoms with Crippen molar-refractivity contribution in [2.45, 2.75) is 25.4 Å². The molecule has 5 heteroatoms. The molecule has 0 aliphatic heterocycles. The fourth-order valence-electron chi connectivity index (χ4n) is 1.41. The summed E-state index contributed by atoms with van der Waals surface area (Å²) in [5.41, 5.74) is 0.994. The van der Waals surface area contributed by atoms with Crippen LogP contribution in [0.1, 0.15) is 12.0 Å². The van der Waals surface area contributed by atoms with Crippen LogP contribution in [0.25, 0.3) is 0 Å². The maximum Gasteiger partial charge on any atom is 0.261 e. The van der Waals surface area contributed by atoms with Gasteiger partial charge in [0, 0.05) is 11.1 Å². The largest absolute Gasteiger partial charge is 0.393 e. The molecule has 1 rings (SSSR count). The summed E-state index contributed by atoms with van der Waals surface area (Å²) in [5, 5.41) is 9.70. The Bertz CT molecular complexity index is 334. The van der Waals surface area contributed by atoms with Crippen LogP contribution in [-0.2, 0) is 11.2 Å². The standard InChI is InChI=1S/C12H15BrF2O2/c13-11-4-2-1-3-9(11)7-10(16)5-6-17-8-12(14)15/h1-4,10,12,16H,5-8H2. The summed E-state index contributed by atoms with van der Waals surface area (Å²) in [6.45, 7) is -0.419. The lowest BCUT2D eigenvalue weighted by atomic mass is 10.1. The Hall–Kier alpha value is -0.520. The zero-order valence-electron chi connectivity index (χ0n) is 9.28. The summed E-state index contributed by atoms with van der Waals surface area (Å²) < 4.78 is 29.2. The van der Waals surface area contributed by atoms with Gasteiger partial charge in [-0.05, 0) is 24.5 Å². The van der Waals surface area contributed by atoms with E-state index in [0.29, 0.717) is 12.8 Å². The first-order chi connectivity index (χ1) is 8.09. The number of rotatable bonds is 7. The molecule has 2 nitrogen and oxygen atoms in total. The molecule has 0 radical (unpaired) electrons. The molecule has 0 aromatic heterocycles. The van der Waals surface area contributed by atoms with Gasteiger partial charge >= 0.3 is 0 Å². The second-order valence-electron chi connectivity index (χ2n) is 3.70. The average molecular weight is 309 g/mol. The minimum atomic E-state index is -2.45. The molecule has 0 heterocycles. The number of aliphatic hydroxyl groups excluding tert-OH is 1. The molecule has 1 unspecified atom stereocenters. The van der Waals surface area contributed by atoms with Crippen LogP contribution in [0.3, 0.4) is 0 Å². The average Bonchev–Trinajstić information content (AvgIpc) is 2.27. The molecule has 1 aromatic carbocycles. The molecular formula is C12H15BrF2O2. The second kappa shape index (κ2) is 7.74. The quantitative estimate of drug-likeness (QED) is 0.785. The Labute approximate surface area is 108 Å². The zero-order valence-corrected chi connectivity index (χ0v) is 10.9. The van der Waals surface area contributed by atoms with Crippen molar-refractivity contribution in [1.29, 1.82) is 0 Å². The van der Waals surface area contributed by atoms with Crippen LogP contribution in [0.4, 0.5) is 8.78 Å². The Morgan fingerprint density at radius 1 is 1.29 bits per heavy atom.